The number of hydrogen-bond acceptors (Lipinski definition) is 2. The molecule has 2 heterocycles. The first kappa shape index (κ1) is 8.48. The summed E-state index contributed by atoms with van der Waals surface area (Å²) in [4.78, 5) is 0. The largest absolute Gasteiger partial charge is 0.393 e. The summed E-state index contributed by atoms with van der Waals surface area (Å²) in [7, 11) is 0. The van der Waals surface area contributed by atoms with Crippen molar-refractivity contribution in [1.82, 2.24) is 5.06 Å². The van der Waals surface area contributed by atoms with Gasteiger partial charge >= 0.3 is 0 Å². The van der Waals surface area contributed by atoms with Gasteiger partial charge in [0.2, 0.25) is 0 Å². The highest BCUT2D eigenvalue weighted by atomic mass is 16.5. The summed E-state index contributed by atoms with van der Waals surface area (Å²) in [5.41, 5.74) is -0.571. The third-order valence-corrected chi connectivity index (χ3v) is 3.53. The van der Waals surface area contributed by atoms with Crippen molar-refractivity contribution in [1.29, 1.82) is 0 Å². The summed E-state index contributed by atoms with van der Waals surface area (Å²) in [6.45, 7) is 3.93. The van der Waals surface area contributed by atoms with Crippen molar-refractivity contribution in [2.24, 2.45) is 0 Å². The lowest BCUT2D eigenvalue weighted by molar-refractivity contribution is -0.280. The lowest BCUT2D eigenvalue weighted by Crippen LogP contribution is -2.55. The summed E-state index contributed by atoms with van der Waals surface area (Å²) >= 11 is 0. The Morgan fingerprint density at radius 2 is 1.67 bits per heavy atom. The highest BCUT2D eigenvalue weighted by Crippen LogP contribution is 2.49. The Morgan fingerprint density at radius 1 is 1.25 bits per heavy atom. The quantitative estimate of drug-likeness (QED) is 0.591. The highest BCUT2D eigenvalue weighted by Gasteiger charge is 2.55. The van der Waals surface area contributed by atoms with Gasteiger partial charge in [-0.2, -0.15) is 0 Å². The second-order valence-corrected chi connectivity index (χ2v) is 4.85. The molecule has 3 nitrogen and oxygen atoms in total. The standard InChI is InChI=1S/C9H16NO2/c1-8-3-4-9(2,10(8)12)6-7(11)5-8/h7,11H,3-6H2,1-2H3. The minimum Gasteiger partial charge on any atom is -0.393 e. The molecule has 69 valence electrons. The lowest BCUT2D eigenvalue weighted by atomic mass is 9.86. The van der Waals surface area contributed by atoms with Crippen LogP contribution in [0.1, 0.15) is 39.5 Å². The topological polar surface area (TPSA) is 43.4 Å². The SMILES string of the molecule is CC12CCC(C)(CC(O)C1)N2[O]. The van der Waals surface area contributed by atoms with Gasteiger partial charge in [-0.25, -0.2) is 0 Å². The molecule has 0 aromatic carbocycles. The van der Waals surface area contributed by atoms with Gasteiger partial charge in [0.15, 0.2) is 0 Å². The predicted octanol–water partition coefficient (Wildman–Crippen LogP) is 1.10. The van der Waals surface area contributed by atoms with E-state index in [0.29, 0.717) is 12.8 Å². The van der Waals surface area contributed by atoms with Gasteiger partial charge in [-0.05, 0) is 39.5 Å². The third-order valence-electron chi connectivity index (χ3n) is 3.53. The van der Waals surface area contributed by atoms with Crippen molar-refractivity contribution in [3.63, 3.8) is 0 Å². The van der Waals surface area contributed by atoms with Crippen LogP contribution in [0.3, 0.4) is 0 Å². The Hall–Kier alpha value is -0.120. The Bertz CT molecular complexity index is 189. The van der Waals surface area contributed by atoms with E-state index in [-0.39, 0.29) is 17.2 Å². The maximum absolute atomic E-state index is 11.8. The van der Waals surface area contributed by atoms with E-state index in [1.807, 2.05) is 13.8 Å². The molecule has 3 heteroatoms. The molecule has 0 spiro atoms. The second kappa shape index (κ2) is 2.22. The van der Waals surface area contributed by atoms with Crippen LogP contribution in [0.4, 0.5) is 0 Å². The third kappa shape index (κ3) is 0.934. The van der Waals surface area contributed by atoms with Crippen LogP contribution in [-0.4, -0.2) is 27.4 Å². The maximum atomic E-state index is 11.8. The van der Waals surface area contributed by atoms with E-state index < -0.39 is 0 Å². The normalized spacial score (nSPS) is 54.5. The average molecular weight is 170 g/mol. The van der Waals surface area contributed by atoms with E-state index in [0.717, 1.165) is 12.8 Å². The van der Waals surface area contributed by atoms with E-state index in [9.17, 15) is 10.3 Å². The van der Waals surface area contributed by atoms with Crippen molar-refractivity contribution in [2.45, 2.75) is 56.7 Å². The van der Waals surface area contributed by atoms with Crippen molar-refractivity contribution in [3.05, 3.63) is 0 Å². The van der Waals surface area contributed by atoms with Gasteiger partial charge in [0.1, 0.15) is 0 Å². The van der Waals surface area contributed by atoms with Crippen LogP contribution in [0.15, 0.2) is 0 Å². The zero-order valence-electron chi connectivity index (χ0n) is 7.71. The fourth-order valence-corrected chi connectivity index (χ4v) is 2.85. The van der Waals surface area contributed by atoms with Crippen LogP contribution >= 0.6 is 0 Å². The van der Waals surface area contributed by atoms with Crippen LogP contribution < -0.4 is 0 Å². The molecule has 2 fully saturated rings. The molecule has 12 heavy (non-hydrogen) atoms. The number of aliphatic hydroxyl groups is 1. The summed E-state index contributed by atoms with van der Waals surface area (Å²) in [5, 5.41) is 22.6. The molecule has 2 saturated heterocycles. The lowest BCUT2D eigenvalue weighted by Gasteiger charge is -2.43. The van der Waals surface area contributed by atoms with Gasteiger partial charge < -0.3 is 5.11 Å². The zero-order chi connectivity index (χ0) is 8.98. The molecule has 2 unspecified atom stereocenters. The molecule has 2 atom stereocenters. The molecule has 2 aliphatic heterocycles. The van der Waals surface area contributed by atoms with E-state index in [1.54, 1.807) is 0 Å². The molecule has 2 aliphatic rings. The number of aliphatic hydroxyl groups excluding tert-OH is 1. The number of hydroxylamine groups is 2. The van der Waals surface area contributed by atoms with Gasteiger partial charge in [0.05, 0.1) is 6.10 Å². The molecule has 2 rings (SSSR count). The Kier molecular flexibility index (Phi) is 1.57. The van der Waals surface area contributed by atoms with E-state index >= 15 is 0 Å². The van der Waals surface area contributed by atoms with Gasteiger partial charge in [0, 0.05) is 11.1 Å². The van der Waals surface area contributed by atoms with Crippen LogP contribution in [0.5, 0.6) is 0 Å². The van der Waals surface area contributed by atoms with Gasteiger partial charge in [0.25, 0.3) is 0 Å². The maximum Gasteiger partial charge on any atom is 0.0577 e. The van der Waals surface area contributed by atoms with Crippen molar-refractivity contribution >= 4 is 0 Å². The highest BCUT2D eigenvalue weighted by molar-refractivity contribution is 5.07. The van der Waals surface area contributed by atoms with E-state index in [2.05, 4.69) is 0 Å². The Balaban J connectivity index is 2.30. The van der Waals surface area contributed by atoms with Crippen molar-refractivity contribution in [2.75, 3.05) is 0 Å². The second-order valence-electron chi connectivity index (χ2n) is 4.85. The van der Waals surface area contributed by atoms with Crippen LogP contribution in [-0.2, 0) is 5.21 Å². The molecular formula is C9H16NO2. The molecular weight excluding hydrogens is 154 g/mol. The zero-order valence-corrected chi connectivity index (χ0v) is 7.71. The Labute approximate surface area is 72.9 Å². The summed E-state index contributed by atoms with van der Waals surface area (Å²) in [6, 6.07) is 0. The van der Waals surface area contributed by atoms with Crippen LogP contribution in [0, 0.1) is 0 Å². The summed E-state index contributed by atoms with van der Waals surface area (Å²) in [6.07, 6.45) is 2.89. The number of piperidine rings is 1. The minimum absolute atomic E-state index is 0.271. The van der Waals surface area contributed by atoms with Gasteiger partial charge in [-0.15, -0.1) is 10.3 Å². The smallest absolute Gasteiger partial charge is 0.0577 e. The predicted molar refractivity (Wildman–Crippen MR) is 43.8 cm³/mol. The number of fused-ring (bicyclic) bond motifs is 2. The van der Waals surface area contributed by atoms with Gasteiger partial charge in [-0.1, -0.05) is 0 Å². The molecule has 0 aliphatic carbocycles. The minimum atomic E-state index is -0.285. The molecule has 0 aromatic rings. The Morgan fingerprint density at radius 3 is 2.08 bits per heavy atom. The number of rotatable bonds is 0. The number of nitrogens with zero attached hydrogens (tertiary/aromatic N) is 1. The van der Waals surface area contributed by atoms with Crippen molar-refractivity contribution in [3.8, 4) is 0 Å². The first-order chi connectivity index (χ1) is 5.46. The molecule has 0 amide bonds. The summed E-state index contributed by atoms with van der Waals surface area (Å²) in [5.74, 6) is 0. The molecule has 1 radical (unpaired) electrons. The molecule has 0 aromatic heterocycles. The van der Waals surface area contributed by atoms with Crippen LogP contribution in [0.2, 0.25) is 0 Å². The first-order valence-corrected chi connectivity index (χ1v) is 4.62. The first-order valence-electron chi connectivity index (χ1n) is 4.62. The van der Waals surface area contributed by atoms with Gasteiger partial charge in [-0.3, -0.25) is 0 Å². The fourth-order valence-electron chi connectivity index (χ4n) is 2.85. The molecule has 2 bridgehead atoms. The van der Waals surface area contributed by atoms with Crippen molar-refractivity contribution < 1.29 is 10.3 Å². The molecule has 1 N–H and O–H groups in total. The van der Waals surface area contributed by atoms with E-state index in [1.165, 1.54) is 5.06 Å². The van der Waals surface area contributed by atoms with Crippen LogP contribution in [0.25, 0.3) is 0 Å². The number of hydrogen-bond donors (Lipinski definition) is 1. The van der Waals surface area contributed by atoms with E-state index in [4.69, 9.17) is 0 Å². The molecule has 0 saturated carbocycles. The summed E-state index contributed by atoms with van der Waals surface area (Å²) < 4.78 is 0. The fraction of sp³-hybridized carbons (Fsp3) is 1.00. The monoisotopic (exact) mass is 170 g/mol. The average Bonchev–Trinajstić information content (AvgIpc) is 2.16.